The van der Waals surface area contributed by atoms with Gasteiger partial charge >= 0.3 is 0 Å². The fourth-order valence-corrected chi connectivity index (χ4v) is 2.09. The topological polar surface area (TPSA) is 21.3 Å². The smallest absolute Gasteiger partial charge is 0.142 e. The second-order valence-electron chi connectivity index (χ2n) is 5.07. The van der Waals surface area contributed by atoms with Gasteiger partial charge in [0.1, 0.15) is 18.2 Å². The van der Waals surface area contributed by atoms with Crippen molar-refractivity contribution in [1.29, 1.82) is 0 Å². The Bertz CT molecular complexity index is 586. The molecule has 0 bridgehead atoms. The summed E-state index contributed by atoms with van der Waals surface area (Å²) in [7, 11) is 1.95. The van der Waals surface area contributed by atoms with Gasteiger partial charge in [-0.15, -0.1) is 0 Å². The van der Waals surface area contributed by atoms with Crippen LogP contribution in [0.3, 0.4) is 0 Å². The molecule has 2 aromatic rings. The highest BCUT2D eigenvalue weighted by Crippen LogP contribution is 2.18. The van der Waals surface area contributed by atoms with Crippen molar-refractivity contribution in [2.45, 2.75) is 26.0 Å². The van der Waals surface area contributed by atoms with Gasteiger partial charge in [0.25, 0.3) is 0 Å². The highest BCUT2D eigenvalue weighted by Gasteiger charge is 2.03. The van der Waals surface area contributed by atoms with Crippen LogP contribution in [0.4, 0.5) is 4.39 Å². The lowest BCUT2D eigenvalue weighted by molar-refractivity contribution is 0.305. The Hall–Kier alpha value is -1.58. The molecule has 2 aromatic carbocycles. The number of ether oxygens (including phenoxy) is 1. The molecule has 1 atom stereocenters. The van der Waals surface area contributed by atoms with E-state index in [0.717, 1.165) is 17.7 Å². The standard InChI is InChI=1S/C17H19ClFNO/c1-12(20-2)9-13-3-6-15(7-4-13)21-11-14-5-8-16(18)17(19)10-14/h3-8,10,12,20H,9,11H2,1-2H3. The van der Waals surface area contributed by atoms with Crippen LogP contribution in [0.25, 0.3) is 0 Å². The van der Waals surface area contributed by atoms with Crippen LogP contribution in [-0.4, -0.2) is 13.1 Å². The van der Waals surface area contributed by atoms with Crippen LogP contribution >= 0.6 is 11.6 Å². The molecule has 0 aliphatic carbocycles. The average molecular weight is 308 g/mol. The van der Waals surface area contributed by atoms with Gasteiger partial charge in [0.05, 0.1) is 5.02 Å². The van der Waals surface area contributed by atoms with E-state index >= 15 is 0 Å². The van der Waals surface area contributed by atoms with E-state index in [1.54, 1.807) is 6.07 Å². The average Bonchev–Trinajstić information content (AvgIpc) is 2.50. The fraction of sp³-hybridized carbons (Fsp3) is 0.294. The summed E-state index contributed by atoms with van der Waals surface area (Å²) in [6.07, 6.45) is 0.971. The van der Waals surface area contributed by atoms with E-state index < -0.39 is 5.82 Å². The molecule has 0 saturated heterocycles. The van der Waals surface area contributed by atoms with E-state index in [4.69, 9.17) is 16.3 Å². The predicted octanol–water partition coefficient (Wildman–Crippen LogP) is 4.21. The van der Waals surface area contributed by atoms with Crippen molar-refractivity contribution in [1.82, 2.24) is 5.32 Å². The Morgan fingerprint density at radius 3 is 2.43 bits per heavy atom. The van der Waals surface area contributed by atoms with Crippen molar-refractivity contribution in [3.63, 3.8) is 0 Å². The number of halogens is 2. The number of rotatable bonds is 6. The van der Waals surface area contributed by atoms with E-state index in [1.165, 1.54) is 17.7 Å². The van der Waals surface area contributed by atoms with Crippen LogP contribution in [0.2, 0.25) is 5.02 Å². The third-order valence-electron chi connectivity index (χ3n) is 3.35. The number of benzene rings is 2. The lowest BCUT2D eigenvalue weighted by Crippen LogP contribution is -2.23. The Kier molecular flexibility index (Phi) is 5.59. The highest BCUT2D eigenvalue weighted by atomic mass is 35.5. The van der Waals surface area contributed by atoms with Gasteiger partial charge in [-0.05, 0) is 55.8 Å². The lowest BCUT2D eigenvalue weighted by atomic mass is 10.1. The van der Waals surface area contributed by atoms with Gasteiger partial charge in [-0.1, -0.05) is 29.8 Å². The largest absolute Gasteiger partial charge is 0.489 e. The van der Waals surface area contributed by atoms with Crippen molar-refractivity contribution in [2.75, 3.05) is 7.05 Å². The second kappa shape index (κ2) is 7.43. The van der Waals surface area contributed by atoms with E-state index in [9.17, 15) is 4.39 Å². The summed E-state index contributed by atoms with van der Waals surface area (Å²) >= 11 is 5.65. The van der Waals surface area contributed by atoms with Gasteiger partial charge in [-0.25, -0.2) is 4.39 Å². The van der Waals surface area contributed by atoms with Crippen LogP contribution in [-0.2, 0) is 13.0 Å². The lowest BCUT2D eigenvalue weighted by Gasteiger charge is -2.11. The molecule has 0 aliphatic rings. The molecule has 21 heavy (non-hydrogen) atoms. The predicted molar refractivity (Wildman–Crippen MR) is 84.4 cm³/mol. The first-order chi connectivity index (χ1) is 10.1. The van der Waals surface area contributed by atoms with Crippen molar-refractivity contribution in [3.8, 4) is 5.75 Å². The van der Waals surface area contributed by atoms with Gasteiger partial charge in [0.15, 0.2) is 0 Å². The fourth-order valence-electron chi connectivity index (χ4n) is 1.97. The first-order valence-electron chi connectivity index (χ1n) is 6.91. The van der Waals surface area contributed by atoms with Gasteiger partial charge in [-0.2, -0.15) is 0 Å². The van der Waals surface area contributed by atoms with Crippen molar-refractivity contribution in [3.05, 3.63) is 64.4 Å². The van der Waals surface area contributed by atoms with Crippen molar-refractivity contribution in [2.24, 2.45) is 0 Å². The molecule has 4 heteroatoms. The molecule has 0 heterocycles. The quantitative estimate of drug-likeness (QED) is 0.863. The Balaban J connectivity index is 1.92. The Labute approximate surface area is 129 Å². The maximum atomic E-state index is 13.3. The molecule has 0 amide bonds. The molecular formula is C17H19ClFNO. The zero-order valence-electron chi connectivity index (χ0n) is 12.2. The molecule has 1 unspecified atom stereocenters. The molecule has 2 nitrogen and oxygen atoms in total. The molecule has 112 valence electrons. The highest BCUT2D eigenvalue weighted by molar-refractivity contribution is 6.30. The molecule has 0 aliphatic heterocycles. The van der Waals surface area contributed by atoms with Crippen LogP contribution in [0.5, 0.6) is 5.75 Å². The molecular weight excluding hydrogens is 289 g/mol. The summed E-state index contributed by atoms with van der Waals surface area (Å²) in [4.78, 5) is 0. The number of hydrogen-bond acceptors (Lipinski definition) is 2. The zero-order chi connectivity index (χ0) is 15.2. The third-order valence-corrected chi connectivity index (χ3v) is 3.65. The molecule has 0 saturated carbocycles. The maximum absolute atomic E-state index is 13.3. The monoisotopic (exact) mass is 307 g/mol. The normalized spacial score (nSPS) is 12.2. The van der Waals surface area contributed by atoms with Crippen LogP contribution in [0.1, 0.15) is 18.1 Å². The number of hydrogen-bond donors (Lipinski definition) is 1. The van der Waals surface area contributed by atoms with E-state index in [2.05, 4.69) is 12.2 Å². The molecule has 1 N–H and O–H groups in total. The third kappa shape index (κ3) is 4.73. The maximum Gasteiger partial charge on any atom is 0.142 e. The number of nitrogens with one attached hydrogen (secondary N) is 1. The van der Waals surface area contributed by atoms with Crippen molar-refractivity contribution >= 4 is 11.6 Å². The zero-order valence-corrected chi connectivity index (χ0v) is 13.0. The molecule has 0 fully saturated rings. The van der Waals surface area contributed by atoms with Crippen LogP contribution in [0.15, 0.2) is 42.5 Å². The second-order valence-corrected chi connectivity index (χ2v) is 5.48. The van der Waals surface area contributed by atoms with E-state index in [1.807, 2.05) is 31.3 Å². The van der Waals surface area contributed by atoms with Gasteiger partial charge < -0.3 is 10.1 Å². The van der Waals surface area contributed by atoms with Gasteiger partial charge in [-0.3, -0.25) is 0 Å². The summed E-state index contributed by atoms with van der Waals surface area (Å²) < 4.78 is 19.0. The number of likely N-dealkylation sites (N-methyl/N-ethyl adjacent to an activating group) is 1. The van der Waals surface area contributed by atoms with Gasteiger partial charge in [0, 0.05) is 6.04 Å². The molecule has 0 spiro atoms. The molecule has 0 aromatic heterocycles. The summed E-state index contributed by atoms with van der Waals surface area (Å²) in [6, 6.07) is 13.1. The van der Waals surface area contributed by atoms with E-state index in [-0.39, 0.29) is 5.02 Å². The van der Waals surface area contributed by atoms with Crippen LogP contribution in [0, 0.1) is 5.82 Å². The summed E-state index contributed by atoms with van der Waals surface area (Å²) in [6.45, 7) is 2.46. The summed E-state index contributed by atoms with van der Waals surface area (Å²) in [5.41, 5.74) is 2.01. The SMILES string of the molecule is CNC(C)Cc1ccc(OCc2ccc(Cl)c(F)c2)cc1. The minimum Gasteiger partial charge on any atom is -0.489 e. The minimum absolute atomic E-state index is 0.127. The first-order valence-corrected chi connectivity index (χ1v) is 7.29. The summed E-state index contributed by atoms with van der Waals surface area (Å²) in [5, 5.41) is 3.33. The minimum atomic E-state index is -0.422. The van der Waals surface area contributed by atoms with Gasteiger partial charge in [0.2, 0.25) is 0 Å². The Morgan fingerprint density at radius 1 is 1.14 bits per heavy atom. The van der Waals surface area contributed by atoms with Crippen molar-refractivity contribution < 1.29 is 9.13 Å². The van der Waals surface area contributed by atoms with Crippen LogP contribution < -0.4 is 10.1 Å². The Morgan fingerprint density at radius 2 is 1.81 bits per heavy atom. The summed E-state index contributed by atoms with van der Waals surface area (Å²) in [5.74, 6) is 0.348. The first kappa shape index (κ1) is 15.8. The molecule has 0 radical (unpaired) electrons. The van der Waals surface area contributed by atoms with E-state index in [0.29, 0.717) is 12.6 Å². The molecule has 2 rings (SSSR count).